The van der Waals surface area contributed by atoms with Crippen molar-refractivity contribution < 1.29 is 9.53 Å². The number of amides is 1. The molecule has 0 bridgehead atoms. The quantitative estimate of drug-likeness (QED) is 0.794. The smallest absolute Gasteiger partial charge is 0.219 e. The van der Waals surface area contributed by atoms with Crippen molar-refractivity contribution in [3.8, 4) is 5.75 Å². The Morgan fingerprint density at radius 2 is 1.80 bits per heavy atom. The number of carbonyl (C=O) groups is 1. The molecule has 0 saturated heterocycles. The summed E-state index contributed by atoms with van der Waals surface area (Å²) in [6, 6.07) is 8.27. The van der Waals surface area contributed by atoms with Crippen LogP contribution in [0.5, 0.6) is 5.75 Å². The molecule has 0 aliphatic carbocycles. The van der Waals surface area contributed by atoms with Crippen LogP contribution in [0.1, 0.15) is 38.8 Å². The van der Waals surface area contributed by atoms with Crippen molar-refractivity contribution in [1.29, 1.82) is 0 Å². The average molecular weight is 278 g/mol. The molecule has 1 amide bonds. The number of hydrogen-bond donors (Lipinski definition) is 1. The second-order valence-electron chi connectivity index (χ2n) is 4.67. The maximum absolute atomic E-state index is 11.5. The van der Waals surface area contributed by atoms with E-state index in [1.807, 2.05) is 19.1 Å². The molecular weight excluding hydrogens is 252 g/mol. The number of methoxy groups -OCH3 is 1. The van der Waals surface area contributed by atoms with E-state index in [0.717, 1.165) is 18.8 Å². The Morgan fingerprint density at radius 1 is 1.20 bits per heavy atom. The highest BCUT2D eigenvalue weighted by Gasteiger charge is 2.18. The predicted molar refractivity (Wildman–Crippen MR) is 82.0 cm³/mol. The molecule has 4 nitrogen and oxygen atoms in total. The molecule has 112 valence electrons. The lowest BCUT2D eigenvalue weighted by Gasteiger charge is -2.30. The molecule has 0 radical (unpaired) electrons. The monoisotopic (exact) mass is 278 g/mol. The second kappa shape index (κ2) is 8.59. The molecule has 1 N–H and O–H groups in total. The Kier molecular flexibility index (Phi) is 7.09. The molecule has 20 heavy (non-hydrogen) atoms. The van der Waals surface area contributed by atoms with Gasteiger partial charge in [-0.2, -0.15) is 0 Å². The lowest BCUT2D eigenvalue weighted by molar-refractivity contribution is -0.121. The summed E-state index contributed by atoms with van der Waals surface area (Å²) in [6.45, 7) is 8.70. The number of nitrogens with zero attached hydrogens (tertiary/aromatic N) is 1. The predicted octanol–water partition coefficient (Wildman–Crippen LogP) is 2.60. The molecule has 0 spiro atoms. The van der Waals surface area contributed by atoms with Gasteiger partial charge in [-0.1, -0.05) is 32.9 Å². The minimum absolute atomic E-state index is 0.0932. The van der Waals surface area contributed by atoms with E-state index in [1.54, 1.807) is 7.11 Å². The van der Waals surface area contributed by atoms with Gasteiger partial charge in [-0.15, -0.1) is 0 Å². The van der Waals surface area contributed by atoms with Crippen LogP contribution < -0.4 is 10.1 Å². The number of hydrogen-bond acceptors (Lipinski definition) is 3. The summed E-state index contributed by atoms with van der Waals surface area (Å²) >= 11 is 0. The van der Waals surface area contributed by atoms with Crippen molar-refractivity contribution in [1.82, 2.24) is 10.2 Å². The van der Waals surface area contributed by atoms with Crippen molar-refractivity contribution in [3.63, 3.8) is 0 Å². The Labute approximate surface area is 122 Å². The van der Waals surface area contributed by atoms with E-state index in [-0.39, 0.29) is 11.9 Å². The summed E-state index contributed by atoms with van der Waals surface area (Å²) in [4.78, 5) is 13.8. The third-order valence-corrected chi connectivity index (χ3v) is 3.57. The van der Waals surface area contributed by atoms with Gasteiger partial charge in [0, 0.05) is 13.0 Å². The van der Waals surface area contributed by atoms with Gasteiger partial charge in [0.1, 0.15) is 5.75 Å². The van der Waals surface area contributed by atoms with E-state index in [1.165, 1.54) is 5.56 Å². The van der Waals surface area contributed by atoms with E-state index in [2.05, 4.69) is 36.2 Å². The fraction of sp³-hybridized carbons (Fsp3) is 0.562. The van der Waals surface area contributed by atoms with Crippen LogP contribution in [0, 0.1) is 0 Å². The molecule has 0 aromatic heterocycles. The van der Waals surface area contributed by atoms with Crippen LogP contribution in [0.2, 0.25) is 0 Å². The molecule has 1 atom stereocenters. The van der Waals surface area contributed by atoms with Gasteiger partial charge in [0.25, 0.3) is 0 Å². The van der Waals surface area contributed by atoms with Crippen LogP contribution in [0.3, 0.4) is 0 Å². The number of carbonyl (C=O) groups excluding carboxylic acids is 1. The normalized spacial score (nSPS) is 12.2. The third-order valence-electron chi connectivity index (χ3n) is 3.57. The number of benzene rings is 1. The van der Waals surface area contributed by atoms with Gasteiger partial charge in [0.15, 0.2) is 0 Å². The molecule has 0 fully saturated rings. The number of nitrogens with one attached hydrogen (secondary N) is 1. The van der Waals surface area contributed by atoms with Crippen LogP contribution in [-0.2, 0) is 4.79 Å². The van der Waals surface area contributed by atoms with Crippen LogP contribution >= 0.6 is 0 Å². The summed E-state index contributed by atoms with van der Waals surface area (Å²) in [6.07, 6.45) is 0.521. The van der Waals surface area contributed by atoms with Gasteiger partial charge in [-0.25, -0.2) is 0 Å². The highest BCUT2D eigenvalue weighted by atomic mass is 16.5. The number of ether oxygens (including phenoxy) is 1. The molecule has 0 aliphatic rings. The first kappa shape index (κ1) is 16.5. The molecule has 4 heteroatoms. The highest BCUT2D eigenvalue weighted by Crippen LogP contribution is 2.22. The zero-order valence-electron chi connectivity index (χ0n) is 13.0. The number of likely N-dealkylation sites (N-methyl/N-ethyl adjacent to an activating group) is 1. The zero-order chi connectivity index (χ0) is 15.0. The highest BCUT2D eigenvalue weighted by molar-refractivity contribution is 5.75. The molecule has 0 aliphatic heterocycles. The largest absolute Gasteiger partial charge is 0.497 e. The summed E-state index contributed by atoms with van der Waals surface area (Å²) in [5, 5.41) is 3.00. The van der Waals surface area contributed by atoms with Crippen LogP contribution in [0.15, 0.2) is 24.3 Å². The average Bonchev–Trinajstić information content (AvgIpc) is 2.51. The van der Waals surface area contributed by atoms with Crippen molar-refractivity contribution in [2.45, 2.75) is 33.2 Å². The Hall–Kier alpha value is -1.55. The maximum Gasteiger partial charge on any atom is 0.219 e. The standard InChI is InChI=1S/C16H26N2O2/c1-5-16(19)17-12-15(18(6-2)7-3)13-8-10-14(20-4)11-9-13/h8-11,15H,5-7,12H2,1-4H3,(H,17,19). The van der Waals surface area contributed by atoms with E-state index in [0.29, 0.717) is 13.0 Å². The van der Waals surface area contributed by atoms with Gasteiger partial charge in [0.05, 0.1) is 13.2 Å². The fourth-order valence-electron chi connectivity index (χ4n) is 2.28. The van der Waals surface area contributed by atoms with Gasteiger partial charge >= 0.3 is 0 Å². The van der Waals surface area contributed by atoms with Crippen LogP contribution in [0.25, 0.3) is 0 Å². The second-order valence-corrected chi connectivity index (χ2v) is 4.67. The molecular formula is C16H26N2O2. The van der Waals surface area contributed by atoms with Gasteiger partial charge in [-0.05, 0) is 30.8 Å². The fourth-order valence-corrected chi connectivity index (χ4v) is 2.28. The molecule has 1 unspecified atom stereocenters. The van der Waals surface area contributed by atoms with Crippen molar-refractivity contribution in [2.24, 2.45) is 0 Å². The minimum Gasteiger partial charge on any atom is -0.497 e. The Morgan fingerprint density at radius 3 is 2.25 bits per heavy atom. The van der Waals surface area contributed by atoms with Crippen molar-refractivity contribution in [3.05, 3.63) is 29.8 Å². The summed E-state index contributed by atoms with van der Waals surface area (Å²) in [5.41, 5.74) is 1.20. The first-order valence-electron chi connectivity index (χ1n) is 7.30. The first-order valence-corrected chi connectivity index (χ1v) is 7.30. The van der Waals surface area contributed by atoms with E-state index in [9.17, 15) is 4.79 Å². The summed E-state index contributed by atoms with van der Waals surface area (Å²) < 4.78 is 5.19. The Balaban J connectivity index is 2.86. The van der Waals surface area contributed by atoms with E-state index in [4.69, 9.17) is 4.74 Å². The zero-order valence-corrected chi connectivity index (χ0v) is 13.0. The lowest BCUT2D eigenvalue weighted by atomic mass is 10.0. The van der Waals surface area contributed by atoms with E-state index >= 15 is 0 Å². The summed E-state index contributed by atoms with van der Waals surface area (Å²) in [7, 11) is 1.67. The lowest BCUT2D eigenvalue weighted by Crippen LogP contribution is -2.37. The van der Waals surface area contributed by atoms with Crippen LogP contribution in [-0.4, -0.2) is 37.6 Å². The maximum atomic E-state index is 11.5. The SMILES string of the molecule is CCC(=O)NCC(c1ccc(OC)cc1)N(CC)CC. The first-order chi connectivity index (χ1) is 9.65. The van der Waals surface area contributed by atoms with Crippen molar-refractivity contribution in [2.75, 3.05) is 26.7 Å². The molecule has 1 rings (SSSR count). The Bertz CT molecular complexity index is 399. The molecule has 0 saturated carbocycles. The minimum atomic E-state index is 0.0932. The van der Waals surface area contributed by atoms with Gasteiger partial charge < -0.3 is 10.1 Å². The molecule has 1 aromatic rings. The molecule has 1 aromatic carbocycles. The van der Waals surface area contributed by atoms with Gasteiger partial charge in [-0.3, -0.25) is 9.69 Å². The third kappa shape index (κ3) is 4.53. The molecule has 0 heterocycles. The topological polar surface area (TPSA) is 41.6 Å². The summed E-state index contributed by atoms with van der Waals surface area (Å²) in [5.74, 6) is 0.945. The van der Waals surface area contributed by atoms with Crippen LogP contribution in [0.4, 0.5) is 0 Å². The van der Waals surface area contributed by atoms with E-state index < -0.39 is 0 Å². The van der Waals surface area contributed by atoms with Crippen molar-refractivity contribution >= 4 is 5.91 Å². The number of rotatable bonds is 8. The van der Waals surface area contributed by atoms with Gasteiger partial charge in [0.2, 0.25) is 5.91 Å².